The van der Waals surface area contributed by atoms with Gasteiger partial charge in [-0.25, -0.2) is 9.29 Å². The second-order valence-corrected chi connectivity index (χ2v) is 6.68. The topological polar surface area (TPSA) is 59.1 Å². The summed E-state index contributed by atoms with van der Waals surface area (Å²) in [5.41, 5.74) is 1.43. The largest absolute Gasteiger partial charge is 0.493 e. The molecule has 0 unspecified atom stereocenters. The molecule has 0 spiro atoms. The monoisotopic (exact) mass is 386 g/mol. The van der Waals surface area contributed by atoms with Crippen LogP contribution in [0.5, 0.6) is 11.5 Å². The smallest absolute Gasteiger partial charge is 0.251 e. The van der Waals surface area contributed by atoms with Crippen LogP contribution in [0.4, 0.5) is 10.1 Å². The molecule has 0 N–H and O–H groups in total. The minimum absolute atomic E-state index is 0.110. The number of rotatable bonds is 7. The summed E-state index contributed by atoms with van der Waals surface area (Å²) in [6, 6.07) is 10.5. The molecule has 2 aromatic rings. The first-order chi connectivity index (χ1) is 13.4. The van der Waals surface area contributed by atoms with Gasteiger partial charge in [-0.3, -0.25) is 14.5 Å². The fourth-order valence-electron chi connectivity index (χ4n) is 3.32. The lowest BCUT2D eigenvalue weighted by atomic mass is 10.1. The molecule has 1 aliphatic heterocycles. The molecular weight excluding hydrogens is 363 g/mol. The number of hydrogen-bond donors (Lipinski definition) is 0. The zero-order valence-electron chi connectivity index (χ0n) is 16.1. The minimum Gasteiger partial charge on any atom is -0.493 e. The second-order valence-electron chi connectivity index (χ2n) is 6.68. The van der Waals surface area contributed by atoms with Gasteiger partial charge in [0.1, 0.15) is 5.82 Å². The highest BCUT2D eigenvalue weighted by atomic mass is 19.1. The van der Waals surface area contributed by atoms with Crippen molar-refractivity contribution in [1.82, 2.24) is 4.90 Å². The van der Waals surface area contributed by atoms with E-state index < -0.39 is 11.9 Å². The van der Waals surface area contributed by atoms with Crippen molar-refractivity contribution >= 4 is 17.5 Å². The average Bonchev–Trinajstić information content (AvgIpc) is 3.00. The number of nitrogens with zero attached hydrogens (tertiary/aromatic N) is 2. The Kier molecular flexibility index (Phi) is 5.94. The summed E-state index contributed by atoms with van der Waals surface area (Å²) in [6.07, 6.45) is 0.796. The highest BCUT2D eigenvalue weighted by Crippen LogP contribution is 2.28. The van der Waals surface area contributed by atoms with Gasteiger partial charge in [0.2, 0.25) is 5.91 Å². The van der Waals surface area contributed by atoms with E-state index in [-0.39, 0.29) is 18.2 Å². The standard InChI is InChI=1S/C21H23FN2O4/c1-23(11-10-14-4-9-18(27-2)19(12-14)28-3)17-13-20(25)24(21(17)26)16-7-5-15(22)6-8-16/h4-9,12,17H,10-11,13H2,1-3H3/t17-/m1/s1. The van der Waals surface area contributed by atoms with E-state index >= 15 is 0 Å². The summed E-state index contributed by atoms with van der Waals surface area (Å²) in [4.78, 5) is 28.2. The van der Waals surface area contributed by atoms with Crippen molar-refractivity contribution in [3.8, 4) is 11.5 Å². The molecule has 3 rings (SSSR count). The van der Waals surface area contributed by atoms with Crippen LogP contribution >= 0.6 is 0 Å². The lowest BCUT2D eigenvalue weighted by Gasteiger charge is -2.23. The van der Waals surface area contributed by atoms with Gasteiger partial charge in [-0.1, -0.05) is 6.07 Å². The van der Waals surface area contributed by atoms with Gasteiger partial charge >= 0.3 is 0 Å². The molecular formula is C21H23FN2O4. The number of carbonyl (C=O) groups excluding carboxylic acids is 2. The van der Waals surface area contributed by atoms with Crippen LogP contribution in [0.25, 0.3) is 0 Å². The third-order valence-corrected chi connectivity index (χ3v) is 4.94. The molecule has 1 saturated heterocycles. The molecule has 2 aromatic carbocycles. The van der Waals surface area contributed by atoms with Crippen LogP contribution in [0.3, 0.4) is 0 Å². The zero-order valence-corrected chi connectivity index (χ0v) is 16.1. The van der Waals surface area contributed by atoms with Crippen molar-refractivity contribution in [3.63, 3.8) is 0 Å². The molecule has 1 fully saturated rings. The Bertz CT molecular complexity index is 869. The van der Waals surface area contributed by atoms with E-state index in [2.05, 4.69) is 0 Å². The first kappa shape index (κ1) is 19.8. The van der Waals surface area contributed by atoms with Crippen molar-refractivity contribution in [2.24, 2.45) is 0 Å². The van der Waals surface area contributed by atoms with E-state index in [9.17, 15) is 14.0 Å². The summed E-state index contributed by atoms with van der Waals surface area (Å²) < 4.78 is 23.7. The van der Waals surface area contributed by atoms with E-state index in [1.54, 1.807) is 14.2 Å². The fourth-order valence-corrected chi connectivity index (χ4v) is 3.32. The van der Waals surface area contributed by atoms with E-state index in [1.807, 2.05) is 30.1 Å². The summed E-state index contributed by atoms with van der Waals surface area (Å²) >= 11 is 0. The number of halogens is 1. The van der Waals surface area contributed by atoms with Gasteiger partial charge in [0, 0.05) is 6.54 Å². The predicted molar refractivity (Wildman–Crippen MR) is 103 cm³/mol. The van der Waals surface area contributed by atoms with Crippen molar-refractivity contribution in [3.05, 3.63) is 53.8 Å². The van der Waals surface area contributed by atoms with Crippen LogP contribution in [-0.4, -0.2) is 50.6 Å². The maximum absolute atomic E-state index is 13.1. The molecule has 6 nitrogen and oxygen atoms in total. The molecule has 1 atom stereocenters. The number of benzene rings is 2. The Balaban J connectivity index is 1.66. The van der Waals surface area contributed by atoms with Gasteiger partial charge < -0.3 is 9.47 Å². The number of anilines is 1. The Morgan fingerprint density at radius 3 is 2.39 bits per heavy atom. The number of amides is 2. The van der Waals surface area contributed by atoms with Gasteiger partial charge in [0.15, 0.2) is 11.5 Å². The molecule has 148 valence electrons. The van der Waals surface area contributed by atoms with Crippen molar-refractivity contribution < 1.29 is 23.5 Å². The van der Waals surface area contributed by atoms with E-state index in [1.165, 1.54) is 24.3 Å². The third kappa shape index (κ3) is 3.99. The molecule has 0 saturated carbocycles. The van der Waals surface area contributed by atoms with Crippen LogP contribution < -0.4 is 14.4 Å². The first-order valence-electron chi connectivity index (χ1n) is 8.98. The quantitative estimate of drug-likeness (QED) is 0.685. The van der Waals surface area contributed by atoms with Crippen LogP contribution in [-0.2, 0) is 16.0 Å². The Morgan fingerprint density at radius 2 is 1.75 bits per heavy atom. The molecule has 2 amide bonds. The molecule has 28 heavy (non-hydrogen) atoms. The Labute approximate surface area is 163 Å². The minimum atomic E-state index is -0.530. The fraction of sp³-hybridized carbons (Fsp3) is 0.333. The molecule has 1 aliphatic rings. The van der Waals surface area contributed by atoms with Crippen molar-refractivity contribution in [2.45, 2.75) is 18.9 Å². The lowest BCUT2D eigenvalue weighted by molar-refractivity contribution is -0.122. The maximum atomic E-state index is 13.1. The Morgan fingerprint density at radius 1 is 1.07 bits per heavy atom. The first-order valence-corrected chi connectivity index (χ1v) is 8.98. The number of ether oxygens (including phenoxy) is 2. The SMILES string of the molecule is COc1ccc(CCN(C)[C@@H]2CC(=O)N(c3ccc(F)cc3)C2=O)cc1OC. The van der Waals surface area contributed by atoms with Gasteiger partial charge in [0.25, 0.3) is 5.91 Å². The van der Waals surface area contributed by atoms with Crippen LogP contribution in [0.1, 0.15) is 12.0 Å². The summed E-state index contributed by atoms with van der Waals surface area (Å²) in [7, 11) is 4.99. The summed E-state index contributed by atoms with van der Waals surface area (Å²) in [5, 5.41) is 0. The molecule has 1 heterocycles. The molecule has 0 radical (unpaired) electrons. The predicted octanol–water partition coefficient (Wildman–Crippen LogP) is 2.65. The molecule has 0 aliphatic carbocycles. The van der Waals surface area contributed by atoms with E-state index in [0.29, 0.717) is 30.2 Å². The third-order valence-electron chi connectivity index (χ3n) is 4.94. The van der Waals surface area contributed by atoms with Crippen LogP contribution in [0.2, 0.25) is 0 Å². The maximum Gasteiger partial charge on any atom is 0.251 e. The van der Waals surface area contributed by atoms with Gasteiger partial charge in [-0.2, -0.15) is 0 Å². The summed E-state index contributed by atoms with van der Waals surface area (Å²) in [6.45, 7) is 0.594. The van der Waals surface area contributed by atoms with Crippen LogP contribution in [0.15, 0.2) is 42.5 Å². The number of likely N-dealkylation sites (N-methyl/N-ethyl adjacent to an activating group) is 1. The molecule has 7 heteroatoms. The van der Waals surface area contributed by atoms with Gasteiger partial charge in [0.05, 0.1) is 32.4 Å². The highest BCUT2D eigenvalue weighted by Gasteiger charge is 2.41. The highest BCUT2D eigenvalue weighted by molar-refractivity contribution is 6.22. The average molecular weight is 386 g/mol. The number of methoxy groups -OCH3 is 2. The van der Waals surface area contributed by atoms with Crippen LogP contribution in [0, 0.1) is 5.82 Å². The Hall–Kier alpha value is -2.93. The van der Waals surface area contributed by atoms with Gasteiger partial charge in [-0.15, -0.1) is 0 Å². The number of carbonyl (C=O) groups is 2. The normalized spacial score (nSPS) is 16.8. The van der Waals surface area contributed by atoms with E-state index in [0.717, 1.165) is 10.5 Å². The number of hydrogen-bond acceptors (Lipinski definition) is 5. The number of imide groups is 1. The van der Waals surface area contributed by atoms with E-state index in [4.69, 9.17) is 9.47 Å². The molecule has 0 aromatic heterocycles. The van der Waals surface area contributed by atoms with Crippen molar-refractivity contribution in [2.75, 3.05) is 32.7 Å². The van der Waals surface area contributed by atoms with Gasteiger partial charge in [-0.05, 0) is 55.4 Å². The lowest BCUT2D eigenvalue weighted by Crippen LogP contribution is -2.40. The second kappa shape index (κ2) is 8.39. The van der Waals surface area contributed by atoms with Crippen molar-refractivity contribution in [1.29, 1.82) is 0 Å². The molecule has 0 bridgehead atoms. The zero-order chi connectivity index (χ0) is 20.3. The summed E-state index contributed by atoms with van der Waals surface area (Å²) in [5.74, 6) is 0.334.